The molecular formula is C15H8BrClFNS. The van der Waals surface area contributed by atoms with Gasteiger partial charge in [-0.05, 0) is 30.3 Å². The van der Waals surface area contributed by atoms with E-state index in [9.17, 15) is 4.39 Å². The molecule has 0 aliphatic carbocycles. The summed E-state index contributed by atoms with van der Waals surface area (Å²) in [4.78, 5) is 4.49. The lowest BCUT2D eigenvalue weighted by Crippen LogP contribution is -1.84. The van der Waals surface area contributed by atoms with Gasteiger partial charge in [-0.1, -0.05) is 39.7 Å². The number of aromatic nitrogens is 1. The van der Waals surface area contributed by atoms with Gasteiger partial charge in [0.25, 0.3) is 0 Å². The SMILES string of the molecule is Fc1cc(Cl)ccc1-c1nc(-c2ccc(Br)cc2)cs1. The number of hydrogen-bond acceptors (Lipinski definition) is 2. The van der Waals surface area contributed by atoms with Gasteiger partial charge >= 0.3 is 0 Å². The Morgan fingerprint density at radius 3 is 2.55 bits per heavy atom. The molecule has 0 amide bonds. The summed E-state index contributed by atoms with van der Waals surface area (Å²) in [6.45, 7) is 0. The van der Waals surface area contributed by atoms with E-state index < -0.39 is 0 Å². The molecule has 0 spiro atoms. The molecule has 1 heterocycles. The second-order valence-electron chi connectivity index (χ2n) is 4.17. The Balaban J connectivity index is 1.99. The number of benzene rings is 2. The van der Waals surface area contributed by atoms with Gasteiger partial charge in [-0.25, -0.2) is 9.37 Å². The van der Waals surface area contributed by atoms with Crippen molar-refractivity contribution in [2.24, 2.45) is 0 Å². The Hall–Kier alpha value is -1.23. The van der Waals surface area contributed by atoms with E-state index in [1.165, 1.54) is 17.4 Å². The maximum absolute atomic E-state index is 13.9. The Kier molecular flexibility index (Phi) is 3.87. The predicted molar refractivity (Wildman–Crippen MR) is 85.7 cm³/mol. The molecule has 0 bridgehead atoms. The third-order valence-electron chi connectivity index (χ3n) is 2.81. The van der Waals surface area contributed by atoms with E-state index in [1.807, 2.05) is 29.6 Å². The van der Waals surface area contributed by atoms with E-state index >= 15 is 0 Å². The van der Waals surface area contributed by atoms with Crippen LogP contribution >= 0.6 is 38.9 Å². The molecule has 0 radical (unpaired) electrons. The van der Waals surface area contributed by atoms with Gasteiger partial charge in [0.1, 0.15) is 10.8 Å². The van der Waals surface area contributed by atoms with Gasteiger partial charge in [-0.2, -0.15) is 0 Å². The third kappa shape index (κ3) is 2.77. The number of nitrogens with zero attached hydrogens (tertiary/aromatic N) is 1. The molecule has 5 heteroatoms. The lowest BCUT2D eigenvalue weighted by molar-refractivity contribution is 0.631. The van der Waals surface area contributed by atoms with Crippen LogP contribution in [0.5, 0.6) is 0 Å². The van der Waals surface area contributed by atoms with E-state index in [1.54, 1.807) is 12.1 Å². The van der Waals surface area contributed by atoms with Crippen molar-refractivity contribution >= 4 is 38.9 Å². The van der Waals surface area contributed by atoms with Gasteiger partial charge in [-0.3, -0.25) is 0 Å². The fourth-order valence-corrected chi connectivity index (χ4v) is 3.09. The van der Waals surface area contributed by atoms with E-state index in [0.29, 0.717) is 15.6 Å². The van der Waals surface area contributed by atoms with Crippen molar-refractivity contribution in [3.63, 3.8) is 0 Å². The Morgan fingerprint density at radius 1 is 1.10 bits per heavy atom. The van der Waals surface area contributed by atoms with Crippen molar-refractivity contribution in [2.45, 2.75) is 0 Å². The summed E-state index contributed by atoms with van der Waals surface area (Å²) in [5.41, 5.74) is 2.32. The lowest BCUT2D eigenvalue weighted by Gasteiger charge is -1.99. The van der Waals surface area contributed by atoms with Crippen LogP contribution in [0.3, 0.4) is 0 Å². The smallest absolute Gasteiger partial charge is 0.134 e. The quantitative estimate of drug-likeness (QED) is 0.538. The van der Waals surface area contributed by atoms with Crippen LogP contribution in [0.15, 0.2) is 52.3 Å². The Bertz CT molecular complexity index is 755. The zero-order valence-electron chi connectivity index (χ0n) is 10.1. The van der Waals surface area contributed by atoms with E-state index in [-0.39, 0.29) is 5.82 Å². The first kappa shape index (κ1) is 13.7. The highest BCUT2D eigenvalue weighted by Gasteiger charge is 2.11. The zero-order chi connectivity index (χ0) is 14.1. The standard InChI is InChI=1S/C15H8BrClFNS/c16-10-3-1-9(2-4-10)14-8-20-15(19-14)12-6-5-11(17)7-13(12)18/h1-8H. The van der Waals surface area contributed by atoms with Crippen LogP contribution in [0.1, 0.15) is 0 Å². The van der Waals surface area contributed by atoms with Gasteiger partial charge < -0.3 is 0 Å². The van der Waals surface area contributed by atoms with E-state index in [2.05, 4.69) is 20.9 Å². The summed E-state index contributed by atoms with van der Waals surface area (Å²) in [5, 5.41) is 2.96. The summed E-state index contributed by atoms with van der Waals surface area (Å²) in [6, 6.07) is 12.5. The molecule has 1 nitrogen and oxygen atoms in total. The van der Waals surface area contributed by atoms with Crippen molar-refractivity contribution in [3.05, 3.63) is 63.2 Å². The van der Waals surface area contributed by atoms with Crippen molar-refractivity contribution in [1.82, 2.24) is 4.98 Å². The molecular weight excluding hydrogens is 361 g/mol. The second kappa shape index (κ2) is 5.64. The van der Waals surface area contributed by atoms with E-state index in [0.717, 1.165) is 15.7 Å². The molecule has 0 saturated carbocycles. The highest BCUT2D eigenvalue weighted by molar-refractivity contribution is 9.10. The van der Waals surface area contributed by atoms with Crippen LogP contribution in [-0.2, 0) is 0 Å². The fourth-order valence-electron chi connectivity index (χ4n) is 1.81. The van der Waals surface area contributed by atoms with Crippen LogP contribution in [-0.4, -0.2) is 4.98 Å². The van der Waals surface area contributed by atoms with Crippen molar-refractivity contribution < 1.29 is 4.39 Å². The van der Waals surface area contributed by atoms with Crippen molar-refractivity contribution in [1.29, 1.82) is 0 Å². The average Bonchev–Trinajstić information content (AvgIpc) is 2.89. The normalized spacial score (nSPS) is 10.8. The Labute approximate surface area is 133 Å². The van der Waals surface area contributed by atoms with Crippen LogP contribution in [0.4, 0.5) is 4.39 Å². The molecule has 0 unspecified atom stereocenters. The first-order valence-electron chi connectivity index (χ1n) is 5.80. The maximum Gasteiger partial charge on any atom is 0.134 e. The van der Waals surface area contributed by atoms with Crippen LogP contribution < -0.4 is 0 Å². The average molecular weight is 369 g/mol. The first-order chi connectivity index (χ1) is 9.63. The number of thiazole rings is 1. The van der Waals surface area contributed by atoms with Crippen LogP contribution in [0.25, 0.3) is 21.8 Å². The predicted octanol–water partition coefficient (Wildman–Crippen LogP) is 6.03. The topological polar surface area (TPSA) is 12.9 Å². The second-order valence-corrected chi connectivity index (χ2v) is 6.38. The number of rotatable bonds is 2. The molecule has 100 valence electrons. The van der Waals surface area contributed by atoms with Crippen LogP contribution in [0.2, 0.25) is 5.02 Å². The lowest BCUT2D eigenvalue weighted by atomic mass is 10.2. The van der Waals surface area contributed by atoms with Gasteiger partial charge in [0, 0.05) is 26.0 Å². The molecule has 0 N–H and O–H groups in total. The molecule has 3 aromatic rings. The molecule has 0 aliphatic rings. The molecule has 0 atom stereocenters. The molecule has 0 fully saturated rings. The molecule has 20 heavy (non-hydrogen) atoms. The molecule has 2 aromatic carbocycles. The van der Waals surface area contributed by atoms with Gasteiger partial charge in [0.15, 0.2) is 0 Å². The molecule has 0 saturated heterocycles. The summed E-state index contributed by atoms with van der Waals surface area (Å²) in [5.74, 6) is -0.353. The van der Waals surface area contributed by atoms with Crippen molar-refractivity contribution in [2.75, 3.05) is 0 Å². The first-order valence-corrected chi connectivity index (χ1v) is 7.85. The Morgan fingerprint density at radius 2 is 1.85 bits per heavy atom. The summed E-state index contributed by atoms with van der Waals surface area (Å²) in [7, 11) is 0. The highest BCUT2D eigenvalue weighted by atomic mass is 79.9. The number of halogens is 3. The van der Waals surface area contributed by atoms with Gasteiger partial charge in [-0.15, -0.1) is 11.3 Å². The summed E-state index contributed by atoms with van der Waals surface area (Å²) < 4.78 is 14.9. The van der Waals surface area contributed by atoms with Gasteiger partial charge in [0.05, 0.1) is 5.69 Å². The summed E-state index contributed by atoms with van der Waals surface area (Å²) in [6.07, 6.45) is 0. The maximum atomic E-state index is 13.9. The fraction of sp³-hybridized carbons (Fsp3) is 0. The van der Waals surface area contributed by atoms with Crippen LogP contribution in [0, 0.1) is 5.82 Å². The zero-order valence-corrected chi connectivity index (χ0v) is 13.3. The highest BCUT2D eigenvalue weighted by Crippen LogP contribution is 2.31. The minimum absolute atomic E-state index is 0.353. The minimum Gasteiger partial charge on any atom is -0.236 e. The molecule has 0 aliphatic heterocycles. The minimum atomic E-state index is -0.353. The van der Waals surface area contributed by atoms with E-state index in [4.69, 9.17) is 11.6 Å². The summed E-state index contributed by atoms with van der Waals surface area (Å²) >= 11 is 10.6. The third-order valence-corrected chi connectivity index (χ3v) is 4.45. The molecule has 1 aromatic heterocycles. The molecule has 3 rings (SSSR count). The van der Waals surface area contributed by atoms with Gasteiger partial charge in [0.2, 0.25) is 0 Å². The largest absolute Gasteiger partial charge is 0.236 e. The monoisotopic (exact) mass is 367 g/mol. The number of hydrogen-bond donors (Lipinski definition) is 0. The van der Waals surface area contributed by atoms with Crippen molar-refractivity contribution in [3.8, 4) is 21.8 Å².